The molecule has 3 aromatic rings. The van der Waals surface area contributed by atoms with Crippen LogP contribution in [0.5, 0.6) is 0 Å². The van der Waals surface area contributed by atoms with E-state index >= 15 is 0 Å². The van der Waals surface area contributed by atoms with E-state index in [1.54, 1.807) is 61.2 Å². The number of anilines is 2. The second-order valence-electron chi connectivity index (χ2n) is 9.80. The Morgan fingerprint density at radius 1 is 0.872 bits per heavy atom. The van der Waals surface area contributed by atoms with Crippen molar-refractivity contribution in [3.8, 4) is 0 Å². The Bertz CT molecular complexity index is 1340. The Labute approximate surface area is 226 Å². The lowest BCUT2D eigenvalue weighted by molar-refractivity contribution is -0.118. The summed E-state index contributed by atoms with van der Waals surface area (Å²) >= 11 is 0. The highest BCUT2D eigenvalue weighted by Crippen LogP contribution is 2.27. The van der Waals surface area contributed by atoms with Crippen molar-refractivity contribution in [2.45, 2.75) is 26.8 Å². The molecule has 3 amide bonds. The number of benzene rings is 3. The smallest absolute Gasteiger partial charge is 0.256 e. The highest BCUT2D eigenvalue weighted by Gasteiger charge is 2.25. The number of carbonyl (C=O) groups excluding carboxylic acids is 3. The van der Waals surface area contributed by atoms with Crippen LogP contribution in [0.2, 0.25) is 0 Å². The molecule has 1 aliphatic heterocycles. The summed E-state index contributed by atoms with van der Waals surface area (Å²) < 4.78 is 27.5. The van der Waals surface area contributed by atoms with Crippen LogP contribution in [-0.2, 0) is 11.3 Å². The standard InChI is InChI=1S/C30H32F2N4O3/c1-20(2)28(37)34-23-12-13-27(25(18-23)29(38)33-19-21-8-10-22(31)11-9-21)35-14-5-15-36(17-16-35)30(39)24-6-3-4-7-26(24)32/h3-4,6-13,18,20H,5,14-17,19H2,1-2H3,(H,33,38)(H,34,37). The minimum atomic E-state index is -0.553. The third-order valence-electron chi connectivity index (χ3n) is 6.63. The molecule has 0 aliphatic carbocycles. The zero-order chi connectivity index (χ0) is 27.9. The first-order chi connectivity index (χ1) is 18.7. The molecule has 0 unspecified atom stereocenters. The topological polar surface area (TPSA) is 81.8 Å². The molecule has 2 N–H and O–H groups in total. The van der Waals surface area contributed by atoms with Crippen molar-refractivity contribution in [1.29, 1.82) is 0 Å². The molecule has 0 saturated carbocycles. The molecule has 0 aromatic heterocycles. The van der Waals surface area contributed by atoms with Gasteiger partial charge >= 0.3 is 0 Å². The zero-order valence-corrected chi connectivity index (χ0v) is 22.0. The molecule has 0 spiro atoms. The molecule has 204 valence electrons. The molecule has 7 nitrogen and oxygen atoms in total. The van der Waals surface area contributed by atoms with Gasteiger partial charge in [-0.2, -0.15) is 0 Å². The van der Waals surface area contributed by atoms with Crippen LogP contribution < -0.4 is 15.5 Å². The fourth-order valence-electron chi connectivity index (χ4n) is 4.40. The Morgan fingerprint density at radius 3 is 2.33 bits per heavy atom. The number of hydrogen-bond acceptors (Lipinski definition) is 4. The van der Waals surface area contributed by atoms with Crippen LogP contribution >= 0.6 is 0 Å². The minimum absolute atomic E-state index is 0.0389. The highest BCUT2D eigenvalue weighted by molar-refractivity contribution is 6.02. The Hall–Kier alpha value is -4.27. The number of hydrogen-bond donors (Lipinski definition) is 2. The van der Waals surface area contributed by atoms with Crippen molar-refractivity contribution in [2.75, 3.05) is 36.4 Å². The molecule has 0 radical (unpaired) electrons. The molecule has 3 aromatic carbocycles. The SMILES string of the molecule is CC(C)C(=O)Nc1ccc(N2CCCN(C(=O)c3ccccc3F)CC2)c(C(=O)NCc2ccc(F)cc2)c1. The van der Waals surface area contributed by atoms with Crippen LogP contribution in [-0.4, -0.2) is 48.8 Å². The summed E-state index contributed by atoms with van der Waals surface area (Å²) in [6.45, 7) is 5.60. The zero-order valence-electron chi connectivity index (χ0n) is 22.0. The molecular weight excluding hydrogens is 502 g/mol. The van der Waals surface area contributed by atoms with Gasteiger partial charge < -0.3 is 20.4 Å². The van der Waals surface area contributed by atoms with E-state index in [0.717, 1.165) is 5.56 Å². The minimum Gasteiger partial charge on any atom is -0.369 e. The summed E-state index contributed by atoms with van der Waals surface area (Å²) in [5.74, 6) is -2.02. The monoisotopic (exact) mass is 534 g/mol. The van der Waals surface area contributed by atoms with Gasteiger partial charge in [-0.3, -0.25) is 14.4 Å². The van der Waals surface area contributed by atoms with Crippen LogP contribution in [0.4, 0.5) is 20.2 Å². The molecule has 9 heteroatoms. The maximum atomic E-state index is 14.2. The van der Waals surface area contributed by atoms with Crippen molar-refractivity contribution >= 4 is 29.1 Å². The number of carbonyl (C=O) groups is 3. The average Bonchev–Trinajstić information content (AvgIpc) is 3.19. The molecular formula is C30H32F2N4O3. The maximum Gasteiger partial charge on any atom is 0.256 e. The quantitative estimate of drug-likeness (QED) is 0.455. The molecule has 0 atom stereocenters. The predicted octanol–water partition coefficient (Wildman–Crippen LogP) is 4.84. The van der Waals surface area contributed by atoms with Gasteiger partial charge in [-0.15, -0.1) is 0 Å². The van der Waals surface area contributed by atoms with Gasteiger partial charge in [-0.1, -0.05) is 38.1 Å². The van der Waals surface area contributed by atoms with Gasteiger partial charge in [0.15, 0.2) is 0 Å². The lowest BCUT2D eigenvalue weighted by Gasteiger charge is -2.26. The van der Waals surface area contributed by atoms with Gasteiger partial charge in [-0.05, 0) is 54.4 Å². The predicted molar refractivity (Wildman–Crippen MR) is 147 cm³/mol. The summed E-state index contributed by atoms with van der Waals surface area (Å²) in [6.07, 6.45) is 0.628. The molecule has 4 rings (SSSR count). The lowest BCUT2D eigenvalue weighted by atomic mass is 10.1. The Balaban J connectivity index is 1.55. The summed E-state index contributed by atoms with van der Waals surface area (Å²) in [4.78, 5) is 42.3. The van der Waals surface area contributed by atoms with E-state index in [9.17, 15) is 23.2 Å². The molecule has 0 bridgehead atoms. The van der Waals surface area contributed by atoms with Crippen molar-refractivity contribution in [3.05, 3.63) is 95.1 Å². The Morgan fingerprint density at radius 2 is 1.62 bits per heavy atom. The van der Waals surface area contributed by atoms with Crippen molar-refractivity contribution in [3.63, 3.8) is 0 Å². The number of halogens is 2. The van der Waals surface area contributed by atoms with E-state index < -0.39 is 5.82 Å². The van der Waals surface area contributed by atoms with Gasteiger partial charge in [0.1, 0.15) is 11.6 Å². The molecule has 1 aliphatic rings. The fraction of sp³-hybridized carbons (Fsp3) is 0.300. The Kier molecular flexibility index (Phi) is 8.91. The largest absolute Gasteiger partial charge is 0.369 e. The van der Waals surface area contributed by atoms with Gasteiger partial charge in [0.2, 0.25) is 5.91 Å². The molecule has 1 saturated heterocycles. The summed E-state index contributed by atoms with van der Waals surface area (Å²) in [6, 6.07) is 17.0. The van der Waals surface area contributed by atoms with Crippen molar-refractivity contribution in [2.24, 2.45) is 5.92 Å². The number of nitrogens with zero attached hydrogens (tertiary/aromatic N) is 2. The first kappa shape index (κ1) is 27.8. The van der Waals surface area contributed by atoms with Crippen LogP contribution in [0, 0.1) is 17.6 Å². The van der Waals surface area contributed by atoms with E-state index in [0.29, 0.717) is 49.5 Å². The lowest BCUT2D eigenvalue weighted by Crippen LogP contribution is -2.36. The van der Waals surface area contributed by atoms with Gasteiger partial charge in [0, 0.05) is 50.0 Å². The number of amides is 3. The molecule has 39 heavy (non-hydrogen) atoms. The van der Waals surface area contributed by atoms with Crippen LogP contribution in [0.25, 0.3) is 0 Å². The number of rotatable bonds is 7. The molecule has 1 heterocycles. The maximum absolute atomic E-state index is 14.2. The van der Waals surface area contributed by atoms with Crippen LogP contribution in [0.1, 0.15) is 46.5 Å². The number of nitrogens with one attached hydrogen (secondary N) is 2. The van der Waals surface area contributed by atoms with Gasteiger partial charge in [0.05, 0.1) is 11.1 Å². The van der Waals surface area contributed by atoms with Crippen LogP contribution in [0.15, 0.2) is 66.7 Å². The van der Waals surface area contributed by atoms with E-state index in [-0.39, 0.29) is 41.6 Å². The third kappa shape index (κ3) is 6.98. The van der Waals surface area contributed by atoms with E-state index in [4.69, 9.17) is 0 Å². The fourth-order valence-corrected chi connectivity index (χ4v) is 4.40. The van der Waals surface area contributed by atoms with E-state index in [1.807, 2.05) is 4.90 Å². The first-order valence-electron chi connectivity index (χ1n) is 13.0. The van der Waals surface area contributed by atoms with Crippen molar-refractivity contribution < 1.29 is 23.2 Å². The van der Waals surface area contributed by atoms with E-state index in [1.165, 1.54) is 24.3 Å². The third-order valence-corrected chi connectivity index (χ3v) is 6.63. The van der Waals surface area contributed by atoms with Crippen molar-refractivity contribution in [1.82, 2.24) is 10.2 Å². The average molecular weight is 535 g/mol. The van der Waals surface area contributed by atoms with Gasteiger partial charge in [0.25, 0.3) is 11.8 Å². The van der Waals surface area contributed by atoms with Crippen LogP contribution in [0.3, 0.4) is 0 Å². The normalized spacial score (nSPS) is 13.7. The molecule has 1 fully saturated rings. The second kappa shape index (κ2) is 12.5. The first-order valence-corrected chi connectivity index (χ1v) is 13.0. The highest BCUT2D eigenvalue weighted by atomic mass is 19.1. The summed E-state index contributed by atoms with van der Waals surface area (Å²) in [5.41, 5.74) is 2.31. The second-order valence-corrected chi connectivity index (χ2v) is 9.80. The summed E-state index contributed by atoms with van der Waals surface area (Å²) in [7, 11) is 0. The van der Waals surface area contributed by atoms with Gasteiger partial charge in [-0.25, -0.2) is 8.78 Å². The van der Waals surface area contributed by atoms with E-state index in [2.05, 4.69) is 10.6 Å². The summed E-state index contributed by atoms with van der Waals surface area (Å²) in [5, 5.41) is 5.72.